The minimum atomic E-state index is -0.428. The Balaban J connectivity index is 1.84. The van der Waals surface area contributed by atoms with E-state index in [1.807, 2.05) is 0 Å². The lowest BCUT2D eigenvalue weighted by molar-refractivity contribution is 0.0167. The van der Waals surface area contributed by atoms with Gasteiger partial charge in [-0.3, -0.25) is 0 Å². The van der Waals surface area contributed by atoms with E-state index in [2.05, 4.69) is 16.8 Å². The number of aliphatic hydroxyl groups excluding tert-OH is 1. The van der Waals surface area contributed by atoms with E-state index in [0.29, 0.717) is 24.8 Å². The van der Waals surface area contributed by atoms with Crippen LogP contribution in [0.25, 0.3) is 4.85 Å². The molecular formula is C27H46N2O3. The number of unbranched alkanes of at least 4 members (excludes halogenated alkanes) is 15. The summed E-state index contributed by atoms with van der Waals surface area (Å²) < 4.78 is 11.3. The molecule has 0 spiro atoms. The Morgan fingerprint density at radius 1 is 0.844 bits per heavy atom. The molecule has 0 bridgehead atoms. The molecule has 1 aromatic rings. The third-order valence-electron chi connectivity index (χ3n) is 5.79. The monoisotopic (exact) mass is 446 g/mol. The van der Waals surface area contributed by atoms with Gasteiger partial charge in [0.05, 0.1) is 19.8 Å². The van der Waals surface area contributed by atoms with Crippen molar-refractivity contribution in [3.05, 3.63) is 29.7 Å². The number of aliphatic hydroxyl groups is 1. The first-order chi connectivity index (χ1) is 15.8. The van der Waals surface area contributed by atoms with Crippen molar-refractivity contribution < 1.29 is 14.6 Å². The summed E-state index contributed by atoms with van der Waals surface area (Å²) >= 11 is 0. The normalized spacial score (nSPS) is 11.9. The number of aromatic nitrogens is 1. The molecule has 5 nitrogen and oxygen atoms in total. The molecule has 0 amide bonds. The Morgan fingerprint density at radius 2 is 1.38 bits per heavy atom. The molecule has 0 aliphatic carbocycles. The average molecular weight is 447 g/mol. The van der Waals surface area contributed by atoms with Gasteiger partial charge in [0, 0.05) is 12.8 Å². The van der Waals surface area contributed by atoms with Crippen LogP contribution in [0.5, 0.6) is 5.88 Å². The van der Waals surface area contributed by atoms with E-state index in [0.717, 1.165) is 6.42 Å². The highest BCUT2D eigenvalue weighted by molar-refractivity contribution is 5.42. The minimum absolute atomic E-state index is 0.120. The summed E-state index contributed by atoms with van der Waals surface area (Å²) in [6, 6.07) is 3.30. The smallest absolute Gasteiger partial charge is 0.211 e. The SMILES string of the molecule is [C-]#[N+]c1ccc(O[C@@H](CO)COCCCCCCCCCCCCCCCCCC)nc1. The molecular weight excluding hydrogens is 400 g/mol. The van der Waals surface area contributed by atoms with Crippen LogP contribution in [-0.4, -0.2) is 36.0 Å². The van der Waals surface area contributed by atoms with Crippen molar-refractivity contribution >= 4 is 5.69 Å². The van der Waals surface area contributed by atoms with Crippen molar-refractivity contribution in [1.29, 1.82) is 0 Å². The number of nitrogens with zero attached hydrogens (tertiary/aromatic N) is 2. The van der Waals surface area contributed by atoms with E-state index in [4.69, 9.17) is 16.0 Å². The molecule has 32 heavy (non-hydrogen) atoms. The molecule has 0 aromatic carbocycles. The molecule has 0 unspecified atom stereocenters. The quantitative estimate of drug-likeness (QED) is 0.147. The number of pyridine rings is 1. The minimum Gasteiger partial charge on any atom is -0.469 e. The summed E-state index contributed by atoms with van der Waals surface area (Å²) in [6.45, 7) is 10.1. The fourth-order valence-electron chi connectivity index (χ4n) is 3.77. The molecule has 1 heterocycles. The van der Waals surface area contributed by atoms with Crippen molar-refractivity contribution in [1.82, 2.24) is 4.98 Å². The molecule has 5 heteroatoms. The Hall–Kier alpha value is -1.64. The third kappa shape index (κ3) is 16.1. The lowest BCUT2D eigenvalue weighted by Gasteiger charge is -2.16. The standard InChI is InChI=1S/C27H46N2O3/c1-3-4-5-6-7-8-9-10-11-12-13-14-15-16-17-18-21-31-24-26(23-30)32-27-20-19-25(28-2)22-29-27/h19-20,22,26,30H,3-18,21,23-24H2,1H3/t26-/m0/s1. The second-order valence-corrected chi connectivity index (χ2v) is 8.77. The predicted molar refractivity (Wildman–Crippen MR) is 132 cm³/mol. The molecule has 0 aliphatic heterocycles. The number of hydrogen-bond acceptors (Lipinski definition) is 4. The van der Waals surface area contributed by atoms with E-state index in [1.54, 1.807) is 12.1 Å². The highest BCUT2D eigenvalue weighted by Crippen LogP contribution is 2.16. The molecule has 0 saturated carbocycles. The van der Waals surface area contributed by atoms with Crippen LogP contribution in [-0.2, 0) is 4.74 Å². The fraction of sp³-hybridized carbons (Fsp3) is 0.778. The van der Waals surface area contributed by atoms with Gasteiger partial charge in [-0.15, -0.1) is 0 Å². The van der Waals surface area contributed by atoms with Crippen LogP contribution >= 0.6 is 0 Å². The summed E-state index contributed by atoms with van der Waals surface area (Å²) in [5.41, 5.74) is 0.470. The first-order valence-corrected chi connectivity index (χ1v) is 13.0. The van der Waals surface area contributed by atoms with Gasteiger partial charge in [0.25, 0.3) is 0 Å². The summed E-state index contributed by atoms with van der Waals surface area (Å²) in [5, 5.41) is 9.45. The van der Waals surface area contributed by atoms with Gasteiger partial charge in [0.2, 0.25) is 11.6 Å². The number of rotatable bonds is 22. The van der Waals surface area contributed by atoms with Gasteiger partial charge in [0.1, 0.15) is 6.10 Å². The zero-order chi connectivity index (χ0) is 23.1. The number of hydrogen-bond donors (Lipinski definition) is 1. The largest absolute Gasteiger partial charge is 0.469 e. The van der Waals surface area contributed by atoms with Crippen molar-refractivity contribution in [2.75, 3.05) is 19.8 Å². The second kappa shape index (κ2) is 21.2. The lowest BCUT2D eigenvalue weighted by Crippen LogP contribution is -2.27. The van der Waals surface area contributed by atoms with E-state index >= 15 is 0 Å². The third-order valence-corrected chi connectivity index (χ3v) is 5.79. The summed E-state index contributed by atoms with van der Waals surface area (Å²) in [5.74, 6) is 0.405. The molecule has 182 valence electrons. The van der Waals surface area contributed by atoms with E-state index in [-0.39, 0.29) is 6.61 Å². The second-order valence-electron chi connectivity index (χ2n) is 8.77. The Labute approximate surface area is 196 Å². The summed E-state index contributed by atoms with van der Waals surface area (Å²) in [6.07, 6.45) is 22.8. The van der Waals surface area contributed by atoms with Crippen LogP contribution in [0.15, 0.2) is 18.3 Å². The maximum atomic E-state index is 9.45. The van der Waals surface area contributed by atoms with Crippen LogP contribution < -0.4 is 4.74 Å². The van der Waals surface area contributed by atoms with Gasteiger partial charge in [-0.25, -0.2) is 9.83 Å². The molecule has 0 fully saturated rings. The molecule has 1 atom stereocenters. The van der Waals surface area contributed by atoms with Crippen molar-refractivity contribution in [2.24, 2.45) is 0 Å². The topological polar surface area (TPSA) is 55.9 Å². The summed E-state index contributed by atoms with van der Waals surface area (Å²) in [7, 11) is 0. The van der Waals surface area contributed by atoms with Crippen molar-refractivity contribution in [3.63, 3.8) is 0 Å². The fourth-order valence-corrected chi connectivity index (χ4v) is 3.77. The highest BCUT2D eigenvalue weighted by atomic mass is 16.5. The molecule has 0 saturated heterocycles. The molecule has 1 aromatic heterocycles. The molecule has 0 radical (unpaired) electrons. The Kier molecular flexibility index (Phi) is 18.8. The van der Waals surface area contributed by atoms with Gasteiger partial charge in [-0.1, -0.05) is 103 Å². The Bertz CT molecular complexity index is 571. The van der Waals surface area contributed by atoms with Crippen LogP contribution in [0.3, 0.4) is 0 Å². The van der Waals surface area contributed by atoms with Gasteiger partial charge < -0.3 is 14.6 Å². The zero-order valence-electron chi connectivity index (χ0n) is 20.4. The van der Waals surface area contributed by atoms with Gasteiger partial charge in [0.15, 0.2) is 0 Å². The maximum absolute atomic E-state index is 9.45. The van der Waals surface area contributed by atoms with E-state index < -0.39 is 6.10 Å². The Morgan fingerprint density at radius 3 is 1.81 bits per heavy atom. The van der Waals surface area contributed by atoms with Crippen LogP contribution in [0.1, 0.15) is 110 Å². The lowest BCUT2D eigenvalue weighted by atomic mass is 10.0. The highest BCUT2D eigenvalue weighted by Gasteiger charge is 2.10. The van der Waals surface area contributed by atoms with Crippen LogP contribution in [0.4, 0.5) is 5.69 Å². The molecule has 0 aliphatic rings. The zero-order valence-corrected chi connectivity index (χ0v) is 20.4. The summed E-state index contributed by atoms with van der Waals surface area (Å²) in [4.78, 5) is 7.36. The van der Waals surface area contributed by atoms with Gasteiger partial charge >= 0.3 is 0 Å². The van der Waals surface area contributed by atoms with Gasteiger partial charge in [-0.05, 0) is 18.6 Å². The van der Waals surface area contributed by atoms with Crippen molar-refractivity contribution in [3.8, 4) is 5.88 Å². The van der Waals surface area contributed by atoms with Crippen LogP contribution in [0, 0.1) is 6.57 Å². The van der Waals surface area contributed by atoms with Crippen molar-refractivity contribution in [2.45, 2.75) is 116 Å². The first-order valence-electron chi connectivity index (χ1n) is 13.0. The van der Waals surface area contributed by atoms with E-state index in [1.165, 1.54) is 103 Å². The molecule has 1 N–H and O–H groups in total. The first kappa shape index (κ1) is 28.4. The average Bonchev–Trinajstić information content (AvgIpc) is 2.83. The van der Waals surface area contributed by atoms with Gasteiger partial charge in [-0.2, -0.15) is 0 Å². The number of ether oxygens (including phenoxy) is 2. The van der Waals surface area contributed by atoms with Crippen LogP contribution in [0.2, 0.25) is 0 Å². The van der Waals surface area contributed by atoms with E-state index in [9.17, 15) is 5.11 Å². The predicted octanol–water partition coefficient (Wildman–Crippen LogP) is 7.65. The molecule has 1 rings (SSSR count). The maximum Gasteiger partial charge on any atom is 0.211 e.